The monoisotopic (exact) mass is 479 g/mol. The lowest BCUT2D eigenvalue weighted by Crippen LogP contribution is -2.40. The number of hydrogen-bond donors (Lipinski definition) is 0. The summed E-state index contributed by atoms with van der Waals surface area (Å²) in [6.07, 6.45) is 0.821. The third-order valence-electron chi connectivity index (χ3n) is 5.96. The smallest absolute Gasteiger partial charge is 0.337 e. The molecule has 1 aliphatic rings. The molecule has 178 valence electrons. The van der Waals surface area contributed by atoms with Crippen LogP contribution in [-0.4, -0.2) is 39.8 Å². The molecule has 0 saturated carbocycles. The number of carbonyl (C=O) groups is 2. The van der Waals surface area contributed by atoms with Crippen LogP contribution in [0.4, 0.5) is 5.69 Å². The van der Waals surface area contributed by atoms with Crippen molar-refractivity contribution in [1.82, 2.24) is 9.55 Å². The minimum atomic E-state index is -0.491. The zero-order valence-electron chi connectivity index (χ0n) is 20.1. The number of esters is 1. The quantitative estimate of drug-likeness (QED) is 0.298. The first kappa shape index (κ1) is 24.0. The number of carbonyl (C=O) groups excluding carboxylic acids is 2. The van der Waals surface area contributed by atoms with Gasteiger partial charge in [-0.15, -0.1) is 0 Å². The maximum absolute atomic E-state index is 13.5. The standard InChI is InChI=1S/C26H29N3O4S/c1-15(2)14-28-24(31)20-11-10-19(25(32)33-5)13-21(20)27-26(28)34-17(4)23(30)29-16(3)12-18-8-6-7-9-22(18)29/h6-11,13,15-17H,12,14H2,1-5H3. The van der Waals surface area contributed by atoms with Crippen LogP contribution in [0.2, 0.25) is 0 Å². The van der Waals surface area contributed by atoms with Crippen molar-refractivity contribution in [2.75, 3.05) is 12.0 Å². The van der Waals surface area contributed by atoms with E-state index in [9.17, 15) is 14.4 Å². The molecule has 0 fully saturated rings. The van der Waals surface area contributed by atoms with Crippen LogP contribution in [0.15, 0.2) is 52.4 Å². The maximum Gasteiger partial charge on any atom is 0.337 e. The Balaban J connectivity index is 1.72. The number of amides is 1. The van der Waals surface area contributed by atoms with Crippen LogP contribution in [0.5, 0.6) is 0 Å². The summed E-state index contributed by atoms with van der Waals surface area (Å²) in [5.74, 6) is -0.298. The molecule has 2 atom stereocenters. The van der Waals surface area contributed by atoms with E-state index >= 15 is 0 Å². The van der Waals surface area contributed by atoms with Gasteiger partial charge in [0, 0.05) is 18.3 Å². The van der Waals surface area contributed by atoms with Crippen LogP contribution in [0.25, 0.3) is 10.9 Å². The van der Waals surface area contributed by atoms with E-state index in [1.165, 1.54) is 18.9 Å². The van der Waals surface area contributed by atoms with Crippen molar-refractivity contribution >= 4 is 40.2 Å². The van der Waals surface area contributed by atoms with Crippen LogP contribution in [0.3, 0.4) is 0 Å². The Hall–Kier alpha value is -3.13. The normalized spacial score (nSPS) is 16.1. The van der Waals surface area contributed by atoms with Crippen molar-refractivity contribution in [3.8, 4) is 0 Å². The summed E-state index contributed by atoms with van der Waals surface area (Å²) in [6.45, 7) is 8.44. The lowest BCUT2D eigenvalue weighted by molar-refractivity contribution is -0.118. The van der Waals surface area contributed by atoms with Gasteiger partial charge in [-0.25, -0.2) is 9.78 Å². The number of anilines is 1. The van der Waals surface area contributed by atoms with Crippen molar-refractivity contribution in [3.63, 3.8) is 0 Å². The second-order valence-corrected chi connectivity index (χ2v) is 10.4. The minimum absolute atomic E-state index is 0.0174. The van der Waals surface area contributed by atoms with Crippen molar-refractivity contribution in [3.05, 3.63) is 63.9 Å². The number of ether oxygens (including phenoxy) is 1. The fourth-order valence-electron chi connectivity index (χ4n) is 4.37. The predicted molar refractivity (Wildman–Crippen MR) is 135 cm³/mol. The lowest BCUT2D eigenvalue weighted by Gasteiger charge is -2.26. The Morgan fingerprint density at radius 3 is 2.62 bits per heavy atom. The van der Waals surface area contributed by atoms with Crippen molar-refractivity contribution < 1.29 is 14.3 Å². The molecule has 2 unspecified atom stereocenters. The number of rotatable bonds is 6. The summed E-state index contributed by atoms with van der Waals surface area (Å²) in [4.78, 5) is 45.5. The third-order valence-corrected chi connectivity index (χ3v) is 7.04. The number of aromatic nitrogens is 2. The largest absolute Gasteiger partial charge is 0.465 e. The van der Waals surface area contributed by atoms with E-state index in [0.29, 0.717) is 28.2 Å². The second-order valence-electron chi connectivity index (χ2n) is 9.08. The number of thioether (sulfide) groups is 1. The number of fused-ring (bicyclic) bond motifs is 2. The number of benzene rings is 2. The highest BCUT2D eigenvalue weighted by Gasteiger charge is 2.34. The van der Waals surface area contributed by atoms with Crippen LogP contribution >= 0.6 is 11.8 Å². The molecule has 7 nitrogen and oxygen atoms in total. The van der Waals surface area contributed by atoms with Gasteiger partial charge in [0.15, 0.2) is 5.16 Å². The second kappa shape index (κ2) is 9.62. The fraction of sp³-hybridized carbons (Fsp3) is 0.385. The summed E-state index contributed by atoms with van der Waals surface area (Å²) in [6, 6.07) is 12.8. The van der Waals surface area contributed by atoms with Crippen molar-refractivity contribution in [2.24, 2.45) is 5.92 Å². The van der Waals surface area contributed by atoms with Gasteiger partial charge in [-0.1, -0.05) is 43.8 Å². The van der Waals surface area contributed by atoms with Crippen LogP contribution in [0.1, 0.15) is 43.6 Å². The van der Waals surface area contributed by atoms with Gasteiger partial charge < -0.3 is 9.64 Å². The molecule has 1 amide bonds. The summed E-state index contributed by atoms with van der Waals surface area (Å²) in [5, 5.41) is 0.438. The molecule has 34 heavy (non-hydrogen) atoms. The molecule has 4 rings (SSSR count). The molecule has 2 aromatic carbocycles. The Morgan fingerprint density at radius 2 is 1.91 bits per heavy atom. The molecule has 1 aromatic heterocycles. The average molecular weight is 480 g/mol. The highest BCUT2D eigenvalue weighted by molar-refractivity contribution is 8.00. The Labute approximate surface area is 203 Å². The first-order valence-electron chi connectivity index (χ1n) is 11.4. The van der Waals surface area contributed by atoms with E-state index in [1.54, 1.807) is 22.8 Å². The molecule has 0 N–H and O–H groups in total. The van der Waals surface area contributed by atoms with Gasteiger partial charge >= 0.3 is 5.97 Å². The molecule has 2 heterocycles. The van der Waals surface area contributed by atoms with Crippen LogP contribution in [-0.2, 0) is 22.5 Å². The topological polar surface area (TPSA) is 81.5 Å². The summed E-state index contributed by atoms with van der Waals surface area (Å²) >= 11 is 1.28. The van der Waals surface area contributed by atoms with E-state index in [1.807, 2.05) is 50.8 Å². The number of para-hydroxylation sites is 1. The summed E-state index contributed by atoms with van der Waals surface area (Å²) < 4.78 is 6.45. The summed E-state index contributed by atoms with van der Waals surface area (Å²) in [7, 11) is 1.31. The number of nitrogens with zero attached hydrogens (tertiary/aromatic N) is 3. The first-order valence-corrected chi connectivity index (χ1v) is 12.3. The van der Waals surface area contributed by atoms with Gasteiger partial charge in [0.1, 0.15) is 0 Å². The lowest BCUT2D eigenvalue weighted by atomic mass is 10.1. The molecule has 0 aliphatic carbocycles. The Bertz CT molecular complexity index is 1320. The first-order chi connectivity index (χ1) is 16.2. The van der Waals surface area contributed by atoms with Crippen molar-refractivity contribution in [1.29, 1.82) is 0 Å². The van der Waals surface area contributed by atoms with E-state index in [2.05, 4.69) is 6.07 Å². The van der Waals surface area contributed by atoms with Crippen molar-refractivity contribution in [2.45, 2.75) is 57.1 Å². The predicted octanol–water partition coefficient (Wildman–Crippen LogP) is 4.30. The van der Waals surface area contributed by atoms with Gasteiger partial charge in [-0.2, -0.15) is 0 Å². The third kappa shape index (κ3) is 4.46. The minimum Gasteiger partial charge on any atom is -0.465 e. The van der Waals surface area contributed by atoms with Gasteiger partial charge in [0.25, 0.3) is 5.56 Å². The van der Waals surface area contributed by atoms with E-state index < -0.39 is 11.2 Å². The maximum atomic E-state index is 13.5. The number of methoxy groups -OCH3 is 1. The van der Waals surface area contributed by atoms with Gasteiger partial charge in [0.2, 0.25) is 5.91 Å². The Morgan fingerprint density at radius 1 is 1.18 bits per heavy atom. The Kier molecular flexibility index (Phi) is 6.79. The highest BCUT2D eigenvalue weighted by Crippen LogP contribution is 2.34. The molecule has 0 radical (unpaired) electrons. The molecule has 0 bridgehead atoms. The zero-order valence-corrected chi connectivity index (χ0v) is 20.9. The zero-order chi connectivity index (χ0) is 24.6. The van der Waals surface area contributed by atoms with E-state index in [4.69, 9.17) is 9.72 Å². The molecule has 0 saturated heterocycles. The summed E-state index contributed by atoms with van der Waals surface area (Å²) in [5.41, 5.74) is 2.66. The molecular formula is C26H29N3O4S. The van der Waals surface area contributed by atoms with E-state index in [0.717, 1.165) is 17.7 Å². The molecule has 8 heteroatoms. The molecule has 0 spiro atoms. The fourth-order valence-corrected chi connectivity index (χ4v) is 5.33. The molecular weight excluding hydrogens is 450 g/mol. The van der Waals surface area contributed by atoms with Crippen LogP contribution in [0, 0.1) is 5.92 Å². The van der Waals surface area contributed by atoms with Gasteiger partial charge in [0.05, 0.1) is 28.8 Å². The van der Waals surface area contributed by atoms with Gasteiger partial charge in [-0.3, -0.25) is 14.2 Å². The van der Waals surface area contributed by atoms with Crippen LogP contribution < -0.4 is 10.5 Å². The molecule has 3 aromatic rings. The van der Waals surface area contributed by atoms with Gasteiger partial charge in [-0.05, 0) is 56.0 Å². The average Bonchev–Trinajstić information content (AvgIpc) is 3.15. The molecule has 1 aliphatic heterocycles. The van der Waals surface area contributed by atoms with E-state index in [-0.39, 0.29) is 23.4 Å². The number of hydrogen-bond acceptors (Lipinski definition) is 6. The SMILES string of the molecule is COC(=O)c1ccc2c(=O)n(CC(C)C)c(SC(C)C(=O)N3c4ccccc4CC3C)nc2c1. The highest BCUT2D eigenvalue weighted by atomic mass is 32.2.